The lowest BCUT2D eigenvalue weighted by Crippen LogP contribution is -1.80. The summed E-state index contributed by atoms with van der Waals surface area (Å²) in [6.07, 6.45) is 1.67. The van der Waals surface area contributed by atoms with Gasteiger partial charge in [0.1, 0.15) is 0 Å². The Labute approximate surface area is 84.3 Å². The predicted molar refractivity (Wildman–Crippen MR) is 59.4 cm³/mol. The quantitative estimate of drug-likeness (QED) is 0.460. The van der Waals surface area contributed by atoms with E-state index >= 15 is 0 Å². The third-order valence-corrected chi connectivity index (χ3v) is 3.68. The van der Waals surface area contributed by atoms with Crippen LogP contribution in [0.4, 0.5) is 0 Å². The van der Waals surface area contributed by atoms with Crippen LogP contribution in [0.1, 0.15) is 4.88 Å². The van der Waals surface area contributed by atoms with Gasteiger partial charge in [-0.25, -0.2) is 0 Å². The maximum Gasteiger partial charge on any atom is 0.0638 e. The molecule has 0 saturated carbocycles. The van der Waals surface area contributed by atoms with E-state index in [2.05, 4.69) is 28.7 Å². The van der Waals surface area contributed by atoms with Crippen LogP contribution < -0.4 is 5.84 Å². The van der Waals surface area contributed by atoms with Crippen molar-refractivity contribution in [3.05, 3.63) is 34.5 Å². The van der Waals surface area contributed by atoms with Crippen molar-refractivity contribution in [2.24, 2.45) is 10.9 Å². The molecule has 2 aromatic heterocycles. The highest BCUT2D eigenvalue weighted by atomic mass is 32.1. The van der Waals surface area contributed by atoms with E-state index in [1.165, 1.54) is 9.75 Å². The summed E-state index contributed by atoms with van der Waals surface area (Å²) in [5, 5.41) is 5.56. The maximum atomic E-state index is 5.07. The third kappa shape index (κ3) is 1.79. The van der Waals surface area contributed by atoms with E-state index in [4.69, 9.17) is 5.84 Å². The molecule has 0 aliphatic carbocycles. The summed E-state index contributed by atoms with van der Waals surface area (Å²) >= 11 is 3.44. The van der Waals surface area contributed by atoms with E-state index in [-0.39, 0.29) is 0 Å². The number of rotatable bonds is 2. The van der Waals surface area contributed by atoms with Crippen LogP contribution in [-0.4, -0.2) is 6.21 Å². The number of nitrogens with two attached hydrogens (primary N) is 1. The first-order chi connectivity index (χ1) is 6.40. The highest BCUT2D eigenvalue weighted by Gasteiger charge is 2.01. The van der Waals surface area contributed by atoms with Crippen molar-refractivity contribution in [2.75, 3.05) is 0 Å². The molecule has 0 amide bonds. The smallest absolute Gasteiger partial charge is 0.0638 e. The molecule has 0 radical (unpaired) electrons. The second-order valence-corrected chi connectivity index (χ2v) is 4.52. The van der Waals surface area contributed by atoms with Crippen molar-refractivity contribution in [3.63, 3.8) is 0 Å². The van der Waals surface area contributed by atoms with Crippen LogP contribution in [0.2, 0.25) is 0 Å². The fraction of sp³-hybridized carbons (Fsp3) is 0. The van der Waals surface area contributed by atoms with Crippen LogP contribution in [0.5, 0.6) is 0 Å². The van der Waals surface area contributed by atoms with Gasteiger partial charge in [-0.05, 0) is 23.6 Å². The molecule has 2 heterocycles. The van der Waals surface area contributed by atoms with Crippen molar-refractivity contribution < 1.29 is 0 Å². The number of nitrogens with zero attached hydrogens (tertiary/aromatic N) is 1. The molecule has 0 aliphatic rings. The molecule has 0 fully saturated rings. The number of hydrogen-bond donors (Lipinski definition) is 1. The van der Waals surface area contributed by atoms with Crippen molar-refractivity contribution in [1.29, 1.82) is 0 Å². The Morgan fingerprint density at radius 3 is 2.85 bits per heavy atom. The molecule has 66 valence electrons. The minimum Gasteiger partial charge on any atom is -0.323 e. The Morgan fingerprint density at radius 1 is 1.23 bits per heavy atom. The molecule has 0 atom stereocenters. The van der Waals surface area contributed by atoms with Crippen molar-refractivity contribution >= 4 is 28.9 Å². The first-order valence-electron chi connectivity index (χ1n) is 3.77. The summed E-state index contributed by atoms with van der Waals surface area (Å²) < 4.78 is 0. The molecule has 0 saturated heterocycles. The first kappa shape index (κ1) is 8.47. The van der Waals surface area contributed by atoms with Gasteiger partial charge < -0.3 is 5.84 Å². The summed E-state index contributed by atoms with van der Waals surface area (Å²) in [5.74, 6) is 5.07. The fourth-order valence-corrected chi connectivity index (χ4v) is 2.77. The Kier molecular flexibility index (Phi) is 2.42. The topological polar surface area (TPSA) is 38.4 Å². The van der Waals surface area contributed by atoms with Gasteiger partial charge in [-0.1, -0.05) is 6.07 Å². The molecular formula is C9H8N2S2. The van der Waals surface area contributed by atoms with Gasteiger partial charge in [0.15, 0.2) is 0 Å². The molecule has 0 bridgehead atoms. The van der Waals surface area contributed by atoms with Gasteiger partial charge in [0.2, 0.25) is 0 Å². The zero-order chi connectivity index (χ0) is 9.10. The van der Waals surface area contributed by atoms with Gasteiger partial charge in [0, 0.05) is 14.6 Å². The van der Waals surface area contributed by atoms with Crippen molar-refractivity contribution in [2.45, 2.75) is 0 Å². The van der Waals surface area contributed by atoms with E-state index in [1.807, 2.05) is 6.07 Å². The molecule has 13 heavy (non-hydrogen) atoms. The van der Waals surface area contributed by atoms with Gasteiger partial charge >= 0.3 is 0 Å². The SMILES string of the molecule is N/N=C\c1ccc(-c2cccs2)s1. The van der Waals surface area contributed by atoms with Crippen molar-refractivity contribution in [3.8, 4) is 9.75 Å². The van der Waals surface area contributed by atoms with E-state index < -0.39 is 0 Å². The molecular weight excluding hydrogens is 200 g/mol. The second-order valence-electron chi connectivity index (χ2n) is 2.46. The maximum absolute atomic E-state index is 5.07. The largest absolute Gasteiger partial charge is 0.323 e. The van der Waals surface area contributed by atoms with Gasteiger partial charge in [-0.3, -0.25) is 0 Å². The van der Waals surface area contributed by atoms with E-state index in [0.717, 1.165) is 4.88 Å². The van der Waals surface area contributed by atoms with E-state index in [0.29, 0.717) is 0 Å². The highest BCUT2D eigenvalue weighted by Crippen LogP contribution is 2.30. The lowest BCUT2D eigenvalue weighted by molar-refractivity contribution is 1.27. The van der Waals surface area contributed by atoms with Crippen LogP contribution in [0, 0.1) is 0 Å². The molecule has 2 N–H and O–H groups in total. The van der Waals surface area contributed by atoms with Crippen molar-refractivity contribution in [1.82, 2.24) is 0 Å². The van der Waals surface area contributed by atoms with E-state index in [9.17, 15) is 0 Å². The Balaban J connectivity index is 2.33. The lowest BCUT2D eigenvalue weighted by Gasteiger charge is -1.86. The van der Waals surface area contributed by atoms with Gasteiger partial charge in [0.25, 0.3) is 0 Å². The zero-order valence-corrected chi connectivity index (χ0v) is 8.44. The van der Waals surface area contributed by atoms with Gasteiger partial charge in [-0.2, -0.15) is 5.10 Å². The van der Waals surface area contributed by atoms with Gasteiger partial charge in [-0.15, -0.1) is 22.7 Å². The summed E-state index contributed by atoms with van der Waals surface area (Å²) in [6.45, 7) is 0. The standard InChI is InChI=1S/C9H8N2S2/c10-11-6-7-3-4-9(13-7)8-2-1-5-12-8/h1-6H,10H2/b11-6-. The molecule has 0 unspecified atom stereocenters. The minimum atomic E-state index is 1.09. The molecule has 4 heteroatoms. The Morgan fingerprint density at radius 2 is 2.15 bits per heavy atom. The Bertz CT molecular complexity index is 401. The molecule has 2 aromatic rings. The Hall–Kier alpha value is -1.13. The monoisotopic (exact) mass is 208 g/mol. The van der Waals surface area contributed by atoms with Gasteiger partial charge in [0.05, 0.1) is 6.21 Å². The molecule has 2 rings (SSSR count). The van der Waals surface area contributed by atoms with Crippen LogP contribution in [0.3, 0.4) is 0 Å². The number of hydrogen-bond acceptors (Lipinski definition) is 4. The number of thiophene rings is 2. The average Bonchev–Trinajstić information content (AvgIpc) is 2.70. The summed E-state index contributed by atoms with van der Waals surface area (Å²) in [5.41, 5.74) is 0. The number of hydrazone groups is 1. The van der Waals surface area contributed by atoms with E-state index in [1.54, 1.807) is 28.9 Å². The van der Waals surface area contributed by atoms with Crippen LogP contribution in [0.15, 0.2) is 34.7 Å². The highest BCUT2D eigenvalue weighted by molar-refractivity contribution is 7.22. The fourth-order valence-electron chi connectivity index (χ4n) is 1.05. The molecule has 0 spiro atoms. The summed E-state index contributed by atoms with van der Waals surface area (Å²) in [6, 6.07) is 8.28. The third-order valence-electron chi connectivity index (χ3n) is 1.59. The van der Waals surface area contributed by atoms with Crippen LogP contribution in [0.25, 0.3) is 9.75 Å². The lowest BCUT2D eigenvalue weighted by atomic mass is 10.4. The second kappa shape index (κ2) is 3.72. The summed E-state index contributed by atoms with van der Waals surface area (Å²) in [4.78, 5) is 3.65. The summed E-state index contributed by atoms with van der Waals surface area (Å²) in [7, 11) is 0. The normalized spacial score (nSPS) is 11.1. The average molecular weight is 208 g/mol. The minimum absolute atomic E-state index is 1.09. The molecule has 0 aliphatic heterocycles. The molecule has 2 nitrogen and oxygen atoms in total. The first-order valence-corrected chi connectivity index (χ1v) is 5.47. The van der Waals surface area contributed by atoms with Crippen LogP contribution >= 0.6 is 22.7 Å². The predicted octanol–water partition coefficient (Wildman–Crippen LogP) is 2.77. The van der Waals surface area contributed by atoms with Crippen LogP contribution in [-0.2, 0) is 0 Å². The molecule has 0 aromatic carbocycles. The zero-order valence-electron chi connectivity index (χ0n) is 6.81.